The van der Waals surface area contributed by atoms with Crippen molar-refractivity contribution in [2.45, 2.75) is 12.1 Å². The predicted molar refractivity (Wildman–Crippen MR) is 75.1 cm³/mol. The largest absolute Gasteiger partial charge is 0.406 e. The lowest BCUT2D eigenvalue weighted by Crippen LogP contribution is -2.43. The van der Waals surface area contributed by atoms with Gasteiger partial charge in [-0.3, -0.25) is 9.48 Å². The van der Waals surface area contributed by atoms with E-state index in [-0.39, 0.29) is 12.5 Å². The molecule has 5 nitrogen and oxygen atoms in total. The molecule has 2 heterocycles. The highest BCUT2D eigenvalue weighted by Gasteiger charge is 2.40. The number of halogens is 3. The molecule has 0 radical (unpaired) electrons. The summed E-state index contributed by atoms with van der Waals surface area (Å²) in [5.41, 5.74) is 0.858. The smallest absolute Gasteiger partial charge is 0.330 e. The van der Waals surface area contributed by atoms with Crippen LogP contribution in [0.3, 0.4) is 0 Å². The van der Waals surface area contributed by atoms with Gasteiger partial charge in [0.1, 0.15) is 6.54 Å². The highest BCUT2D eigenvalue weighted by Crippen LogP contribution is 2.30. The van der Waals surface area contributed by atoms with Crippen LogP contribution in [0.15, 0.2) is 25.0 Å². The first-order chi connectivity index (χ1) is 10.3. The molecule has 0 saturated carbocycles. The fourth-order valence-electron chi connectivity index (χ4n) is 2.76. The van der Waals surface area contributed by atoms with Gasteiger partial charge in [0.2, 0.25) is 5.91 Å². The number of hydrogen-bond acceptors (Lipinski definition) is 3. The van der Waals surface area contributed by atoms with E-state index < -0.39 is 24.5 Å². The average molecular weight is 316 g/mol. The molecule has 1 N–H and O–H groups in total. The number of nitrogens with one attached hydrogen (secondary N) is 1. The molecular weight excluding hydrogens is 297 g/mol. The summed E-state index contributed by atoms with van der Waals surface area (Å²) in [6, 6.07) is 0. The Labute approximate surface area is 126 Å². The molecule has 22 heavy (non-hydrogen) atoms. The van der Waals surface area contributed by atoms with Crippen LogP contribution in [0.4, 0.5) is 13.2 Å². The molecule has 1 aliphatic rings. The molecule has 2 atom stereocenters. The number of carbonyl (C=O) groups excluding carboxylic acids is 1. The molecule has 1 aromatic rings. The molecule has 1 saturated heterocycles. The van der Waals surface area contributed by atoms with Crippen LogP contribution in [-0.2, 0) is 11.8 Å². The maximum absolute atomic E-state index is 12.6. The molecule has 8 heteroatoms. The van der Waals surface area contributed by atoms with E-state index in [0.717, 1.165) is 10.5 Å². The molecule has 1 amide bonds. The summed E-state index contributed by atoms with van der Waals surface area (Å²) in [5.74, 6) is -1.19. The topological polar surface area (TPSA) is 50.2 Å². The lowest BCUT2D eigenvalue weighted by molar-refractivity contribution is -0.162. The van der Waals surface area contributed by atoms with Crippen molar-refractivity contribution in [3.63, 3.8) is 0 Å². The van der Waals surface area contributed by atoms with Crippen molar-refractivity contribution in [3.8, 4) is 0 Å². The van der Waals surface area contributed by atoms with Gasteiger partial charge in [-0.05, 0) is 5.56 Å². The zero-order valence-electron chi connectivity index (χ0n) is 12.3. The molecule has 0 bridgehead atoms. The van der Waals surface area contributed by atoms with Gasteiger partial charge in [0, 0.05) is 38.8 Å². The Kier molecular flexibility index (Phi) is 4.90. The van der Waals surface area contributed by atoms with Crippen LogP contribution in [-0.4, -0.2) is 52.9 Å². The fourth-order valence-corrected chi connectivity index (χ4v) is 2.76. The summed E-state index contributed by atoms with van der Waals surface area (Å²) < 4.78 is 39.5. The Morgan fingerprint density at radius 3 is 2.86 bits per heavy atom. The Morgan fingerprint density at radius 1 is 1.59 bits per heavy atom. The van der Waals surface area contributed by atoms with Crippen LogP contribution in [0.1, 0.15) is 11.5 Å². The number of alkyl halides is 3. The SMILES string of the molecule is C=CCN(CC(F)(F)F)C(=O)[C@H]1CNC[C@@H]1c1cnn(C)c1. The van der Waals surface area contributed by atoms with Gasteiger partial charge >= 0.3 is 6.18 Å². The van der Waals surface area contributed by atoms with Crippen LogP contribution < -0.4 is 5.32 Å². The third-order valence-electron chi connectivity index (χ3n) is 3.72. The number of aryl methyl sites for hydroxylation is 1. The summed E-state index contributed by atoms with van der Waals surface area (Å²) >= 11 is 0. The number of amides is 1. The quantitative estimate of drug-likeness (QED) is 0.833. The van der Waals surface area contributed by atoms with E-state index in [0.29, 0.717) is 13.1 Å². The van der Waals surface area contributed by atoms with Crippen molar-refractivity contribution >= 4 is 5.91 Å². The Morgan fingerprint density at radius 2 is 2.32 bits per heavy atom. The zero-order valence-corrected chi connectivity index (χ0v) is 12.3. The van der Waals surface area contributed by atoms with Crippen molar-refractivity contribution in [1.29, 1.82) is 0 Å². The summed E-state index contributed by atoms with van der Waals surface area (Å²) in [5, 5.41) is 7.14. The first-order valence-electron chi connectivity index (χ1n) is 6.97. The third-order valence-corrected chi connectivity index (χ3v) is 3.72. The number of carbonyl (C=O) groups is 1. The van der Waals surface area contributed by atoms with Gasteiger partial charge in [-0.2, -0.15) is 18.3 Å². The first kappa shape index (κ1) is 16.5. The van der Waals surface area contributed by atoms with Gasteiger partial charge < -0.3 is 10.2 Å². The normalized spacial score (nSPS) is 21.8. The van der Waals surface area contributed by atoms with Gasteiger partial charge in [0.05, 0.1) is 12.1 Å². The highest BCUT2D eigenvalue weighted by atomic mass is 19.4. The Bertz CT molecular complexity index is 540. The highest BCUT2D eigenvalue weighted by molar-refractivity contribution is 5.81. The number of nitrogens with zero attached hydrogens (tertiary/aromatic N) is 3. The number of hydrogen-bond donors (Lipinski definition) is 1. The van der Waals surface area contributed by atoms with E-state index in [1.165, 1.54) is 6.08 Å². The van der Waals surface area contributed by atoms with Crippen molar-refractivity contribution in [3.05, 3.63) is 30.6 Å². The third kappa shape index (κ3) is 3.88. The minimum atomic E-state index is -4.42. The van der Waals surface area contributed by atoms with Gasteiger partial charge in [-0.15, -0.1) is 6.58 Å². The lowest BCUT2D eigenvalue weighted by atomic mass is 9.89. The molecule has 0 aliphatic carbocycles. The predicted octanol–water partition coefficient (Wildman–Crippen LogP) is 1.30. The van der Waals surface area contributed by atoms with Crippen LogP contribution >= 0.6 is 0 Å². The van der Waals surface area contributed by atoms with Crippen LogP contribution in [0.2, 0.25) is 0 Å². The summed E-state index contributed by atoms with van der Waals surface area (Å²) in [4.78, 5) is 13.3. The monoisotopic (exact) mass is 316 g/mol. The van der Waals surface area contributed by atoms with Gasteiger partial charge in [-0.25, -0.2) is 0 Å². The van der Waals surface area contributed by atoms with Crippen molar-refractivity contribution in [1.82, 2.24) is 20.0 Å². The van der Waals surface area contributed by atoms with Gasteiger partial charge in [0.15, 0.2) is 0 Å². The van der Waals surface area contributed by atoms with E-state index in [1.807, 2.05) is 0 Å². The molecule has 0 spiro atoms. The Hall–Kier alpha value is -1.83. The molecule has 122 valence electrons. The van der Waals surface area contributed by atoms with Crippen LogP contribution in [0.25, 0.3) is 0 Å². The fraction of sp³-hybridized carbons (Fsp3) is 0.571. The van der Waals surface area contributed by atoms with E-state index in [4.69, 9.17) is 0 Å². The second-order valence-corrected chi connectivity index (χ2v) is 5.44. The minimum Gasteiger partial charge on any atom is -0.330 e. The van der Waals surface area contributed by atoms with E-state index in [2.05, 4.69) is 17.0 Å². The molecule has 0 aromatic carbocycles. The molecule has 1 fully saturated rings. The van der Waals surface area contributed by atoms with Gasteiger partial charge in [-0.1, -0.05) is 6.08 Å². The van der Waals surface area contributed by atoms with Crippen LogP contribution in [0.5, 0.6) is 0 Å². The molecular formula is C14H19F3N4O. The zero-order chi connectivity index (χ0) is 16.3. The van der Waals surface area contributed by atoms with Crippen molar-refractivity contribution in [2.24, 2.45) is 13.0 Å². The minimum absolute atomic E-state index is 0.116. The van der Waals surface area contributed by atoms with Gasteiger partial charge in [0.25, 0.3) is 0 Å². The first-order valence-corrected chi connectivity index (χ1v) is 6.97. The second-order valence-electron chi connectivity index (χ2n) is 5.44. The molecule has 2 rings (SSSR count). The second kappa shape index (κ2) is 6.51. The molecule has 1 aromatic heterocycles. The Balaban J connectivity index is 2.16. The van der Waals surface area contributed by atoms with Crippen molar-refractivity contribution < 1.29 is 18.0 Å². The van der Waals surface area contributed by atoms with E-state index >= 15 is 0 Å². The molecule has 0 unspecified atom stereocenters. The molecule has 1 aliphatic heterocycles. The lowest BCUT2D eigenvalue weighted by Gasteiger charge is -2.27. The van der Waals surface area contributed by atoms with Crippen molar-refractivity contribution in [2.75, 3.05) is 26.2 Å². The maximum atomic E-state index is 12.6. The number of rotatable bonds is 5. The standard InChI is InChI=1S/C14H19F3N4O/c1-3-4-21(9-14(15,16)17)13(22)12-7-18-6-11(12)10-5-19-20(2)8-10/h3,5,8,11-12,18H,1,4,6-7,9H2,2H3/t11-,12+/m1/s1. The van der Waals surface area contributed by atoms with Crippen LogP contribution in [0, 0.1) is 5.92 Å². The summed E-state index contributed by atoms with van der Waals surface area (Å²) in [6.07, 6.45) is 0.332. The van der Waals surface area contributed by atoms with E-state index in [1.54, 1.807) is 24.1 Å². The van der Waals surface area contributed by atoms with E-state index in [9.17, 15) is 18.0 Å². The summed E-state index contributed by atoms with van der Waals surface area (Å²) in [6.45, 7) is 2.97. The average Bonchev–Trinajstić information content (AvgIpc) is 3.04. The maximum Gasteiger partial charge on any atom is 0.406 e. The number of aromatic nitrogens is 2. The summed E-state index contributed by atoms with van der Waals surface area (Å²) in [7, 11) is 1.76.